The maximum absolute atomic E-state index is 11.7. The predicted molar refractivity (Wildman–Crippen MR) is 120 cm³/mol. The van der Waals surface area contributed by atoms with Crippen LogP contribution in [0.25, 0.3) is 22.6 Å². The lowest BCUT2D eigenvalue weighted by Gasteiger charge is -2.36. The zero-order valence-electron chi connectivity index (χ0n) is 18.2. The van der Waals surface area contributed by atoms with Gasteiger partial charge in [-0.05, 0) is 39.3 Å². The molecule has 1 aliphatic rings. The average Bonchev–Trinajstić information content (AvgIpc) is 3.19. The average molecular weight is 460 g/mol. The van der Waals surface area contributed by atoms with Crippen molar-refractivity contribution >= 4 is 34.6 Å². The number of β-amino-alcohol motifs (C(OH)–C–C–N with tert-alkyl or cyclic N) is 1. The van der Waals surface area contributed by atoms with Gasteiger partial charge in [0.15, 0.2) is 5.65 Å². The van der Waals surface area contributed by atoms with Crippen LogP contribution in [0.5, 0.6) is 0 Å². The Kier molecular flexibility index (Phi) is 6.02. The van der Waals surface area contributed by atoms with E-state index in [9.17, 15) is 9.90 Å². The summed E-state index contributed by atoms with van der Waals surface area (Å²) in [5.41, 5.74) is 2.37. The molecule has 1 saturated heterocycles. The van der Waals surface area contributed by atoms with Crippen molar-refractivity contribution in [1.29, 1.82) is 0 Å². The van der Waals surface area contributed by atoms with Gasteiger partial charge in [-0.2, -0.15) is 0 Å². The number of carbonyl (C=O) groups excluding carboxylic acids is 1. The molecule has 0 aromatic carbocycles. The number of hydrogen-bond donors (Lipinski definition) is 3. The van der Waals surface area contributed by atoms with Gasteiger partial charge in [0, 0.05) is 18.6 Å². The van der Waals surface area contributed by atoms with Gasteiger partial charge >= 0.3 is 0 Å². The summed E-state index contributed by atoms with van der Waals surface area (Å²) in [4.78, 5) is 31.1. The zero-order valence-corrected chi connectivity index (χ0v) is 18.9. The van der Waals surface area contributed by atoms with E-state index < -0.39 is 18.6 Å². The lowest BCUT2D eigenvalue weighted by atomic mass is 10.0. The number of imidazole rings is 1. The standard InChI is InChI=1S/C21H26ClN7O3/c1-21(2,3)29-11-24-15-5-4-14(25-19(15)29)18-12(22)8-23-20(27-18)26-13-6-7-28(9-16(13)31)17(32)10-30/h4-5,8,11,13,16,30-31H,6-7,9-10H2,1-3H3,(H,23,26,27)/t13-,16-/m1/s1. The number of halogens is 1. The molecule has 4 rings (SSSR count). The fourth-order valence-electron chi connectivity index (χ4n) is 3.73. The molecule has 11 heteroatoms. The highest BCUT2D eigenvalue weighted by Crippen LogP contribution is 2.28. The second-order valence-corrected chi connectivity index (χ2v) is 9.23. The molecule has 1 aliphatic heterocycles. The minimum Gasteiger partial charge on any atom is -0.389 e. The summed E-state index contributed by atoms with van der Waals surface area (Å²) in [5.74, 6) is -0.0925. The number of aliphatic hydroxyl groups is 2. The van der Waals surface area contributed by atoms with E-state index in [1.807, 2.05) is 16.7 Å². The first kappa shape index (κ1) is 22.4. The number of aliphatic hydroxyl groups excluding tert-OH is 2. The fraction of sp³-hybridized carbons (Fsp3) is 0.476. The summed E-state index contributed by atoms with van der Waals surface area (Å²) in [6.07, 6.45) is 2.93. The van der Waals surface area contributed by atoms with Crippen LogP contribution < -0.4 is 5.32 Å². The van der Waals surface area contributed by atoms with Gasteiger partial charge in [-0.15, -0.1) is 0 Å². The van der Waals surface area contributed by atoms with Gasteiger partial charge in [-0.25, -0.2) is 19.9 Å². The molecule has 1 amide bonds. The van der Waals surface area contributed by atoms with Crippen molar-refractivity contribution in [2.45, 2.75) is 44.9 Å². The highest BCUT2D eigenvalue weighted by Gasteiger charge is 2.30. The molecule has 10 nitrogen and oxygen atoms in total. The fourth-order valence-corrected chi connectivity index (χ4v) is 3.91. The van der Waals surface area contributed by atoms with Gasteiger partial charge < -0.3 is 25.0 Å². The molecule has 3 aromatic rings. The highest BCUT2D eigenvalue weighted by molar-refractivity contribution is 6.32. The SMILES string of the molecule is CC(C)(C)n1cnc2ccc(-c3nc(N[C@@H]4CCN(C(=O)CO)C[C@H]4O)ncc3Cl)nc21. The molecule has 0 radical (unpaired) electrons. The first-order valence-electron chi connectivity index (χ1n) is 10.4. The monoisotopic (exact) mass is 459 g/mol. The second-order valence-electron chi connectivity index (χ2n) is 8.82. The summed E-state index contributed by atoms with van der Waals surface area (Å²) < 4.78 is 2.00. The molecule has 1 fully saturated rings. The normalized spacial score (nSPS) is 19.4. The number of pyridine rings is 1. The molecule has 170 valence electrons. The minimum absolute atomic E-state index is 0.131. The van der Waals surface area contributed by atoms with Crippen molar-refractivity contribution in [2.24, 2.45) is 0 Å². The molecule has 3 aromatic heterocycles. The Morgan fingerprint density at radius 3 is 2.75 bits per heavy atom. The summed E-state index contributed by atoms with van der Waals surface area (Å²) in [6.45, 7) is 6.21. The molecule has 0 saturated carbocycles. The van der Waals surface area contributed by atoms with Crippen LogP contribution in [0.1, 0.15) is 27.2 Å². The minimum atomic E-state index is -0.822. The first-order valence-corrected chi connectivity index (χ1v) is 10.8. The van der Waals surface area contributed by atoms with E-state index >= 15 is 0 Å². The van der Waals surface area contributed by atoms with Crippen LogP contribution in [0.3, 0.4) is 0 Å². The molecule has 32 heavy (non-hydrogen) atoms. The van der Waals surface area contributed by atoms with Crippen molar-refractivity contribution in [3.8, 4) is 11.4 Å². The van der Waals surface area contributed by atoms with E-state index in [2.05, 4.69) is 41.0 Å². The van der Waals surface area contributed by atoms with Crippen LogP contribution in [0.2, 0.25) is 5.02 Å². The van der Waals surface area contributed by atoms with Gasteiger partial charge in [0.1, 0.15) is 17.8 Å². The predicted octanol–water partition coefficient (Wildman–Crippen LogP) is 1.66. The Hall–Kier alpha value is -2.82. The van der Waals surface area contributed by atoms with Crippen LogP contribution in [-0.4, -0.2) is 77.4 Å². The van der Waals surface area contributed by atoms with Crippen molar-refractivity contribution in [3.05, 3.63) is 29.7 Å². The van der Waals surface area contributed by atoms with Crippen LogP contribution in [-0.2, 0) is 10.3 Å². The van der Waals surface area contributed by atoms with Gasteiger partial charge in [-0.1, -0.05) is 11.6 Å². The Labute approximate surface area is 190 Å². The number of nitrogens with one attached hydrogen (secondary N) is 1. The molecule has 2 atom stereocenters. The summed E-state index contributed by atoms with van der Waals surface area (Å²) in [6, 6.07) is 3.35. The maximum Gasteiger partial charge on any atom is 0.248 e. The van der Waals surface area contributed by atoms with E-state index in [0.29, 0.717) is 35.3 Å². The largest absolute Gasteiger partial charge is 0.389 e. The number of aromatic nitrogens is 5. The van der Waals surface area contributed by atoms with Crippen LogP contribution in [0, 0.1) is 0 Å². The number of nitrogens with zero attached hydrogens (tertiary/aromatic N) is 6. The third-order valence-corrected chi connectivity index (χ3v) is 5.77. The molecule has 0 bridgehead atoms. The van der Waals surface area contributed by atoms with Gasteiger partial charge in [0.25, 0.3) is 0 Å². The number of rotatable bonds is 4. The lowest BCUT2D eigenvalue weighted by Crippen LogP contribution is -2.52. The summed E-state index contributed by atoms with van der Waals surface area (Å²) in [7, 11) is 0. The number of anilines is 1. The molecular formula is C21H26ClN7O3. The van der Waals surface area contributed by atoms with Crippen LogP contribution in [0.4, 0.5) is 5.95 Å². The van der Waals surface area contributed by atoms with E-state index in [-0.39, 0.29) is 18.1 Å². The van der Waals surface area contributed by atoms with Gasteiger partial charge in [-0.3, -0.25) is 4.79 Å². The lowest BCUT2D eigenvalue weighted by molar-refractivity contribution is -0.137. The van der Waals surface area contributed by atoms with Crippen molar-refractivity contribution in [1.82, 2.24) is 29.4 Å². The number of piperidine rings is 1. The number of amides is 1. The molecule has 0 aliphatic carbocycles. The van der Waals surface area contributed by atoms with Crippen LogP contribution in [0.15, 0.2) is 24.7 Å². The first-order chi connectivity index (χ1) is 15.2. The van der Waals surface area contributed by atoms with Gasteiger partial charge in [0.05, 0.1) is 35.4 Å². The number of fused-ring (bicyclic) bond motifs is 1. The second kappa shape index (κ2) is 8.61. The number of likely N-dealkylation sites (tertiary alicyclic amines) is 1. The topological polar surface area (TPSA) is 129 Å². The van der Waals surface area contributed by atoms with E-state index in [1.54, 1.807) is 6.33 Å². The summed E-state index contributed by atoms with van der Waals surface area (Å²) in [5, 5.41) is 23.0. The van der Waals surface area contributed by atoms with Crippen molar-refractivity contribution in [2.75, 3.05) is 25.0 Å². The van der Waals surface area contributed by atoms with Crippen LogP contribution >= 0.6 is 11.6 Å². The van der Waals surface area contributed by atoms with E-state index in [1.165, 1.54) is 11.1 Å². The Balaban J connectivity index is 1.59. The highest BCUT2D eigenvalue weighted by atomic mass is 35.5. The maximum atomic E-state index is 11.7. The zero-order chi connectivity index (χ0) is 23.0. The Morgan fingerprint density at radius 2 is 2.06 bits per heavy atom. The molecule has 4 heterocycles. The molecule has 0 spiro atoms. The van der Waals surface area contributed by atoms with Crippen molar-refractivity contribution in [3.63, 3.8) is 0 Å². The molecular weight excluding hydrogens is 434 g/mol. The van der Waals surface area contributed by atoms with Crippen molar-refractivity contribution < 1.29 is 15.0 Å². The molecule has 0 unspecified atom stereocenters. The van der Waals surface area contributed by atoms with E-state index in [4.69, 9.17) is 21.7 Å². The number of hydrogen-bond acceptors (Lipinski definition) is 8. The van der Waals surface area contributed by atoms with E-state index in [0.717, 1.165) is 11.2 Å². The molecule has 3 N–H and O–H groups in total. The summed E-state index contributed by atoms with van der Waals surface area (Å²) >= 11 is 6.39. The third kappa shape index (κ3) is 4.38. The number of carbonyl (C=O) groups is 1. The Bertz CT molecular complexity index is 1140. The third-order valence-electron chi connectivity index (χ3n) is 5.49. The smallest absolute Gasteiger partial charge is 0.248 e. The van der Waals surface area contributed by atoms with Gasteiger partial charge in [0.2, 0.25) is 11.9 Å². The Morgan fingerprint density at radius 1 is 1.28 bits per heavy atom. The quantitative estimate of drug-likeness (QED) is 0.537.